The van der Waals surface area contributed by atoms with Crippen LogP contribution < -0.4 is 0 Å². The molecule has 0 N–H and O–H groups in total. The fraction of sp³-hybridized carbons (Fsp3) is 0.667. The maximum atomic E-state index is 5.24. The third kappa shape index (κ3) is 0.868. The van der Waals surface area contributed by atoms with Gasteiger partial charge in [-0.2, -0.15) is 0 Å². The molecule has 1 heterocycles. The first-order valence-corrected chi connectivity index (χ1v) is 3.99. The predicted molar refractivity (Wildman–Crippen MR) is 38.9 cm³/mol. The van der Waals surface area contributed by atoms with E-state index in [1.54, 1.807) is 6.92 Å². The number of nitrogens with zero attached hydrogens (tertiary/aromatic N) is 2. The number of aryl methyl sites for hydroxylation is 1. The predicted octanol–water partition coefficient (Wildman–Crippen LogP) is 1.76. The zero-order chi connectivity index (χ0) is 7.19. The molecule has 54 valence electrons. The van der Waals surface area contributed by atoms with Gasteiger partial charge in [0.15, 0.2) is 0 Å². The van der Waals surface area contributed by atoms with E-state index in [4.69, 9.17) is 4.42 Å². The highest BCUT2D eigenvalue weighted by molar-refractivity contribution is 9.09. The van der Waals surface area contributed by atoms with Crippen molar-refractivity contribution in [3.8, 4) is 0 Å². The van der Waals surface area contributed by atoms with Gasteiger partial charge in [-0.1, -0.05) is 15.9 Å². The number of aromatic nitrogens is 2. The van der Waals surface area contributed by atoms with Gasteiger partial charge < -0.3 is 4.42 Å². The highest BCUT2D eigenvalue weighted by atomic mass is 79.9. The Labute approximate surface area is 67.0 Å². The molecule has 1 fully saturated rings. The lowest BCUT2D eigenvalue weighted by molar-refractivity contribution is 0.462. The van der Waals surface area contributed by atoms with Crippen molar-refractivity contribution < 1.29 is 4.42 Å². The molecule has 0 unspecified atom stereocenters. The molecular weight excluding hydrogens is 196 g/mol. The van der Waals surface area contributed by atoms with Gasteiger partial charge in [-0.15, -0.1) is 10.2 Å². The molecule has 0 saturated heterocycles. The van der Waals surface area contributed by atoms with Gasteiger partial charge in [0.25, 0.3) is 0 Å². The second kappa shape index (κ2) is 1.81. The molecule has 10 heavy (non-hydrogen) atoms. The van der Waals surface area contributed by atoms with Crippen LogP contribution in [0.2, 0.25) is 0 Å². The molecule has 0 radical (unpaired) electrons. The average Bonchev–Trinajstić information content (AvgIpc) is 2.45. The van der Waals surface area contributed by atoms with Crippen molar-refractivity contribution >= 4 is 15.9 Å². The SMILES string of the molecule is Cc1nnc(C2(Br)CC2)o1. The van der Waals surface area contributed by atoms with Crippen LogP contribution >= 0.6 is 15.9 Å². The normalized spacial score (nSPS) is 21.0. The van der Waals surface area contributed by atoms with E-state index in [2.05, 4.69) is 26.1 Å². The molecule has 0 amide bonds. The van der Waals surface area contributed by atoms with Crippen LogP contribution in [0.5, 0.6) is 0 Å². The molecule has 4 heteroatoms. The molecule has 2 rings (SSSR count). The Morgan fingerprint density at radius 1 is 1.50 bits per heavy atom. The zero-order valence-electron chi connectivity index (χ0n) is 5.59. The van der Waals surface area contributed by atoms with Gasteiger partial charge >= 0.3 is 0 Å². The summed E-state index contributed by atoms with van der Waals surface area (Å²) < 4.78 is 5.28. The first-order chi connectivity index (χ1) is 4.71. The van der Waals surface area contributed by atoms with Crippen molar-refractivity contribution in [2.24, 2.45) is 0 Å². The summed E-state index contributed by atoms with van der Waals surface area (Å²) in [5.41, 5.74) is 0. The van der Waals surface area contributed by atoms with E-state index >= 15 is 0 Å². The van der Waals surface area contributed by atoms with E-state index in [1.807, 2.05) is 0 Å². The van der Waals surface area contributed by atoms with E-state index in [-0.39, 0.29) is 4.32 Å². The van der Waals surface area contributed by atoms with Gasteiger partial charge in [-0.3, -0.25) is 0 Å². The molecule has 0 bridgehead atoms. The van der Waals surface area contributed by atoms with Crippen LogP contribution in [0.1, 0.15) is 24.6 Å². The summed E-state index contributed by atoms with van der Waals surface area (Å²) in [5, 5.41) is 7.66. The Kier molecular flexibility index (Phi) is 1.15. The number of rotatable bonds is 1. The Morgan fingerprint density at radius 3 is 2.60 bits per heavy atom. The molecule has 0 aliphatic heterocycles. The molecule has 0 spiro atoms. The molecule has 1 aliphatic carbocycles. The summed E-state index contributed by atoms with van der Waals surface area (Å²) in [7, 11) is 0. The van der Waals surface area contributed by atoms with Crippen LogP contribution in [-0.2, 0) is 4.32 Å². The Balaban J connectivity index is 2.34. The van der Waals surface area contributed by atoms with E-state index < -0.39 is 0 Å². The molecule has 1 aromatic heterocycles. The van der Waals surface area contributed by atoms with Crippen LogP contribution in [0.25, 0.3) is 0 Å². The van der Waals surface area contributed by atoms with Gasteiger partial charge in [0.1, 0.15) is 4.32 Å². The summed E-state index contributed by atoms with van der Waals surface area (Å²) in [6.45, 7) is 1.80. The molecule has 3 nitrogen and oxygen atoms in total. The molecule has 0 aromatic carbocycles. The number of hydrogen-bond acceptors (Lipinski definition) is 3. The zero-order valence-corrected chi connectivity index (χ0v) is 7.18. The van der Waals surface area contributed by atoms with Gasteiger partial charge in [0.2, 0.25) is 11.8 Å². The van der Waals surface area contributed by atoms with E-state index in [1.165, 1.54) is 0 Å². The third-order valence-corrected chi connectivity index (χ3v) is 2.73. The van der Waals surface area contributed by atoms with Crippen molar-refractivity contribution in [1.29, 1.82) is 0 Å². The largest absolute Gasteiger partial charge is 0.424 e. The number of hydrogen-bond donors (Lipinski definition) is 0. The van der Waals surface area contributed by atoms with Crippen molar-refractivity contribution in [1.82, 2.24) is 10.2 Å². The van der Waals surface area contributed by atoms with Crippen molar-refractivity contribution in [2.45, 2.75) is 24.1 Å². The van der Waals surface area contributed by atoms with Crippen molar-refractivity contribution in [3.05, 3.63) is 11.8 Å². The van der Waals surface area contributed by atoms with Crippen molar-refractivity contribution in [3.63, 3.8) is 0 Å². The molecule has 1 saturated carbocycles. The van der Waals surface area contributed by atoms with Gasteiger partial charge in [0.05, 0.1) is 0 Å². The molecule has 1 aliphatic rings. The highest BCUT2D eigenvalue weighted by Crippen LogP contribution is 2.52. The van der Waals surface area contributed by atoms with Gasteiger partial charge in [0, 0.05) is 6.92 Å². The van der Waals surface area contributed by atoms with Crippen LogP contribution in [-0.4, -0.2) is 10.2 Å². The highest BCUT2D eigenvalue weighted by Gasteiger charge is 2.46. The van der Waals surface area contributed by atoms with Crippen LogP contribution in [0, 0.1) is 6.92 Å². The maximum Gasteiger partial charge on any atom is 0.233 e. The lowest BCUT2D eigenvalue weighted by atomic mass is 10.4. The molecular formula is C6H7BrN2O. The van der Waals surface area contributed by atoms with Crippen molar-refractivity contribution in [2.75, 3.05) is 0 Å². The Hall–Kier alpha value is -0.380. The second-order valence-corrected chi connectivity index (χ2v) is 4.11. The number of halogens is 1. The van der Waals surface area contributed by atoms with Gasteiger partial charge in [-0.05, 0) is 12.8 Å². The Morgan fingerprint density at radius 2 is 2.20 bits per heavy atom. The lowest BCUT2D eigenvalue weighted by Gasteiger charge is -1.94. The van der Waals surface area contributed by atoms with Crippen LogP contribution in [0.3, 0.4) is 0 Å². The number of alkyl halides is 1. The first kappa shape index (κ1) is 6.34. The monoisotopic (exact) mass is 202 g/mol. The second-order valence-electron chi connectivity index (χ2n) is 2.59. The topological polar surface area (TPSA) is 38.9 Å². The standard InChI is InChI=1S/C6H7BrN2O/c1-4-8-9-5(10-4)6(7)2-3-6/h2-3H2,1H3. The fourth-order valence-electron chi connectivity index (χ4n) is 0.801. The first-order valence-electron chi connectivity index (χ1n) is 3.20. The quantitative estimate of drug-likeness (QED) is 0.652. The summed E-state index contributed by atoms with van der Waals surface area (Å²) in [5.74, 6) is 1.37. The van der Waals surface area contributed by atoms with Crippen LogP contribution in [0.4, 0.5) is 0 Å². The summed E-state index contributed by atoms with van der Waals surface area (Å²) in [6, 6.07) is 0. The lowest BCUT2D eigenvalue weighted by Crippen LogP contribution is -1.94. The average molecular weight is 203 g/mol. The summed E-state index contributed by atoms with van der Waals surface area (Å²) in [4.78, 5) is 0. The minimum Gasteiger partial charge on any atom is -0.424 e. The van der Waals surface area contributed by atoms with Gasteiger partial charge in [-0.25, -0.2) is 0 Å². The van der Waals surface area contributed by atoms with E-state index in [0.717, 1.165) is 18.7 Å². The summed E-state index contributed by atoms with van der Waals surface area (Å²) in [6.07, 6.45) is 2.21. The minimum atomic E-state index is 0.0360. The van der Waals surface area contributed by atoms with Crippen LogP contribution in [0.15, 0.2) is 4.42 Å². The molecule has 0 atom stereocenters. The summed E-state index contributed by atoms with van der Waals surface area (Å²) >= 11 is 3.51. The smallest absolute Gasteiger partial charge is 0.233 e. The third-order valence-electron chi connectivity index (χ3n) is 1.60. The Bertz CT molecular complexity index is 254. The van der Waals surface area contributed by atoms with E-state index in [0.29, 0.717) is 5.89 Å². The molecule has 1 aromatic rings. The van der Waals surface area contributed by atoms with E-state index in [9.17, 15) is 0 Å². The fourth-order valence-corrected chi connectivity index (χ4v) is 1.16. The maximum absolute atomic E-state index is 5.24. The minimum absolute atomic E-state index is 0.0360.